The predicted octanol–water partition coefficient (Wildman–Crippen LogP) is 3.96. The molecule has 1 aromatic heterocycles. The molecule has 1 aromatic carbocycles. The highest BCUT2D eigenvalue weighted by molar-refractivity contribution is 5.82. The lowest BCUT2D eigenvalue weighted by atomic mass is 9.76. The minimum absolute atomic E-state index is 0.100. The number of hydrogen-bond acceptors (Lipinski definition) is 2. The Labute approximate surface area is 133 Å². The van der Waals surface area contributed by atoms with E-state index in [-0.39, 0.29) is 5.92 Å². The molecule has 3 rings (SSSR count). The number of aromatic nitrogens is 1. The minimum atomic E-state index is -1.14. The molecule has 1 N–H and O–H groups in total. The smallest absolute Gasteiger partial charge is 0.314 e. The molecule has 0 amide bonds. The lowest BCUT2D eigenvalue weighted by Crippen LogP contribution is -2.34. The topological polar surface area (TPSA) is 50.2 Å². The first-order valence-electron chi connectivity index (χ1n) is 7.53. The molecule has 1 saturated carbocycles. The van der Waals surface area contributed by atoms with E-state index in [1.54, 1.807) is 25.3 Å². The highest BCUT2D eigenvalue weighted by Gasteiger charge is 2.48. The van der Waals surface area contributed by atoms with E-state index in [4.69, 9.17) is 0 Å². The van der Waals surface area contributed by atoms with Gasteiger partial charge in [0.25, 0.3) is 0 Å². The van der Waals surface area contributed by atoms with Crippen LogP contribution in [0.15, 0.2) is 36.7 Å². The maximum atomic E-state index is 13.9. The molecule has 1 unspecified atom stereocenters. The number of carboxylic acid groups (broad SMARTS) is 1. The van der Waals surface area contributed by atoms with Crippen molar-refractivity contribution >= 4 is 5.97 Å². The second kappa shape index (κ2) is 5.72. The number of aliphatic carboxylic acids is 1. The van der Waals surface area contributed by atoms with E-state index in [2.05, 4.69) is 4.98 Å². The van der Waals surface area contributed by atoms with Crippen molar-refractivity contribution in [3.05, 3.63) is 65.0 Å². The molecule has 23 heavy (non-hydrogen) atoms. The molecule has 0 bridgehead atoms. The van der Waals surface area contributed by atoms with E-state index < -0.39 is 23.0 Å². The van der Waals surface area contributed by atoms with E-state index in [0.717, 1.165) is 6.20 Å². The normalized spacial score (nSPS) is 23.9. The molecule has 2 atom stereocenters. The minimum Gasteiger partial charge on any atom is -0.481 e. The summed E-state index contributed by atoms with van der Waals surface area (Å²) in [6.45, 7) is 1.60. The highest BCUT2D eigenvalue weighted by atomic mass is 19.1. The van der Waals surface area contributed by atoms with Crippen molar-refractivity contribution in [2.75, 3.05) is 0 Å². The number of pyridine rings is 1. The van der Waals surface area contributed by atoms with Crippen LogP contribution in [-0.2, 0) is 10.2 Å². The molecular formula is C18H17F2NO2. The average Bonchev–Trinajstić information content (AvgIpc) is 2.96. The first kappa shape index (κ1) is 15.6. The van der Waals surface area contributed by atoms with Crippen LogP contribution in [0.4, 0.5) is 8.78 Å². The zero-order valence-electron chi connectivity index (χ0n) is 12.7. The van der Waals surface area contributed by atoms with Crippen LogP contribution in [0.3, 0.4) is 0 Å². The maximum Gasteiger partial charge on any atom is 0.314 e. The number of hydrogen-bond donors (Lipinski definition) is 1. The van der Waals surface area contributed by atoms with Crippen molar-refractivity contribution in [1.29, 1.82) is 0 Å². The summed E-state index contributed by atoms with van der Waals surface area (Å²) in [6.07, 6.45) is 4.02. The monoisotopic (exact) mass is 317 g/mol. The standard InChI is InChI=1S/C18H17F2NO2/c1-11-15(3-2-4-16(11)20)18(17(22)23)6-5-12(8-18)13-7-14(19)10-21-9-13/h2-4,7,9-10,12H,5-6,8H2,1H3,(H,22,23)/t12?,18-/m1/s1. The van der Waals surface area contributed by atoms with Gasteiger partial charge in [0.1, 0.15) is 11.6 Å². The number of benzene rings is 1. The Hall–Kier alpha value is -2.30. The van der Waals surface area contributed by atoms with Crippen molar-refractivity contribution < 1.29 is 18.7 Å². The van der Waals surface area contributed by atoms with E-state index in [1.807, 2.05) is 0 Å². The van der Waals surface area contributed by atoms with Crippen LogP contribution in [-0.4, -0.2) is 16.1 Å². The van der Waals surface area contributed by atoms with Gasteiger partial charge in [0, 0.05) is 6.20 Å². The summed E-state index contributed by atoms with van der Waals surface area (Å²) in [5.41, 5.74) is 0.440. The van der Waals surface area contributed by atoms with Gasteiger partial charge in [-0.2, -0.15) is 0 Å². The highest BCUT2D eigenvalue weighted by Crippen LogP contribution is 2.49. The fourth-order valence-electron chi connectivity index (χ4n) is 3.66. The summed E-state index contributed by atoms with van der Waals surface area (Å²) < 4.78 is 27.3. The van der Waals surface area contributed by atoms with E-state index in [0.29, 0.717) is 36.0 Å². The number of carboxylic acids is 1. The van der Waals surface area contributed by atoms with E-state index in [9.17, 15) is 18.7 Å². The van der Waals surface area contributed by atoms with Gasteiger partial charge in [-0.25, -0.2) is 8.78 Å². The van der Waals surface area contributed by atoms with Gasteiger partial charge in [0.15, 0.2) is 0 Å². The fraction of sp³-hybridized carbons (Fsp3) is 0.333. The van der Waals surface area contributed by atoms with Crippen LogP contribution in [0.1, 0.15) is 41.9 Å². The van der Waals surface area contributed by atoms with Gasteiger partial charge in [-0.15, -0.1) is 0 Å². The summed E-state index contributed by atoms with van der Waals surface area (Å²) in [5.74, 6) is -1.90. The van der Waals surface area contributed by atoms with Crippen LogP contribution in [0.2, 0.25) is 0 Å². The number of nitrogens with zero attached hydrogens (tertiary/aromatic N) is 1. The van der Waals surface area contributed by atoms with Crippen molar-refractivity contribution in [2.45, 2.75) is 37.5 Å². The Bertz CT molecular complexity index is 762. The second-order valence-electron chi connectivity index (χ2n) is 6.18. The molecule has 1 aliphatic rings. The number of rotatable bonds is 3. The molecule has 0 spiro atoms. The average molecular weight is 317 g/mol. The molecule has 0 saturated heterocycles. The lowest BCUT2D eigenvalue weighted by Gasteiger charge is -2.27. The maximum absolute atomic E-state index is 13.9. The van der Waals surface area contributed by atoms with Crippen molar-refractivity contribution in [1.82, 2.24) is 4.98 Å². The Kier molecular flexibility index (Phi) is 3.88. The third-order valence-corrected chi connectivity index (χ3v) is 4.90. The number of halogens is 2. The molecular weight excluding hydrogens is 300 g/mol. The van der Waals surface area contributed by atoms with Crippen LogP contribution in [0.25, 0.3) is 0 Å². The van der Waals surface area contributed by atoms with Crippen LogP contribution >= 0.6 is 0 Å². The molecule has 0 aliphatic heterocycles. The summed E-state index contributed by atoms with van der Waals surface area (Å²) >= 11 is 0. The third kappa shape index (κ3) is 2.60. The SMILES string of the molecule is Cc1c(F)cccc1[C@@]1(C(=O)O)CCC(c2cncc(F)c2)C1. The number of carbonyl (C=O) groups is 1. The largest absolute Gasteiger partial charge is 0.481 e. The zero-order chi connectivity index (χ0) is 16.6. The summed E-state index contributed by atoms with van der Waals surface area (Å²) in [7, 11) is 0. The Morgan fingerprint density at radius 1 is 1.35 bits per heavy atom. The Balaban J connectivity index is 2.01. The molecule has 5 heteroatoms. The predicted molar refractivity (Wildman–Crippen MR) is 81.2 cm³/mol. The zero-order valence-corrected chi connectivity index (χ0v) is 12.7. The molecule has 1 aliphatic carbocycles. The Morgan fingerprint density at radius 3 is 2.83 bits per heavy atom. The Morgan fingerprint density at radius 2 is 2.13 bits per heavy atom. The summed E-state index contributed by atoms with van der Waals surface area (Å²) in [4.78, 5) is 15.9. The first-order chi connectivity index (χ1) is 10.9. The van der Waals surface area contributed by atoms with E-state index >= 15 is 0 Å². The molecule has 1 heterocycles. The van der Waals surface area contributed by atoms with Crippen LogP contribution in [0, 0.1) is 18.6 Å². The third-order valence-electron chi connectivity index (χ3n) is 4.90. The van der Waals surface area contributed by atoms with Gasteiger partial charge < -0.3 is 5.11 Å². The van der Waals surface area contributed by atoms with Crippen molar-refractivity contribution in [3.8, 4) is 0 Å². The fourth-order valence-corrected chi connectivity index (χ4v) is 3.66. The molecule has 1 fully saturated rings. The van der Waals surface area contributed by atoms with Gasteiger partial charge in [-0.1, -0.05) is 12.1 Å². The summed E-state index contributed by atoms with van der Waals surface area (Å²) in [6, 6.07) is 5.95. The van der Waals surface area contributed by atoms with E-state index in [1.165, 1.54) is 12.1 Å². The second-order valence-corrected chi connectivity index (χ2v) is 6.18. The van der Waals surface area contributed by atoms with Crippen molar-refractivity contribution in [2.24, 2.45) is 0 Å². The quantitative estimate of drug-likeness (QED) is 0.932. The molecule has 0 radical (unpaired) electrons. The molecule has 120 valence electrons. The first-order valence-corrected chi connectivity index (χ1v) is 7.53. The van der Waals surface area contributed by atoms with Gasteiger partial charge in [0.2, 0.25) is 0 Å². The summed E-state index contributed by atoms with van der Waals surface area (Å²) in [5, 5.41) is 9.84. The molecule has 3 nitrogen and oxygen atoms in total. The van der Waals surface area contributed by atoms with Gasteiger partial charge in [-0.05, 0) is 60.9 Å². The van der Waals surface area contributed by atoms with Crippen LogP contribution in [0.5, 0.6) is 0 Å². The van der Waals surface area contributed by atoms with Crippen molar-refractivity contribution in [3.63, 3.8) is 0 Å². The van der Waals surface area contributed by atoms with Gasteiger partial charge in [-0.3, -0.25) is 9.78 Å². The molecule has 2 aromatic rings. The van der Waals surface area contributed by atoms with Gasteiger partial charge >= 0.3 is 5.97 Å². The lowest BCUT2D eigenvalue weighted by molar-refractivity contribution is -0.143. The van der Waals surface area contributed by atoms with Gasteiger partial charge in [0.05, 0.1) is 11.6 Å². The van der Waals surface area contributed by atoms with Crippen LogP contribution < -0.4 is 0 Å².